The van der Waals surface area contributed by atoms with Crippen LogP contribution >= 0.6 is 15.9 Å². The van der Waals surface area contributed by atoms with E-state index in [1.807, 2.05) is 0 Å². The first-order valence-electron chi connectivity index (χ1n) is 5.80. The van der Waals surface area contributed by atoms with Crippen molar-refractivity contribution in [1.29, 1.82) is 0 Å². The maximum Gasteiger partial charge on any atom is 0.573 e. The van der Waals surface area contributed by atoms with Crippen molar-refractivity contribution in [1.82, 2.24) is 0 Å². The predicted octanol–water partition coefficient (Wildman–Crippen LogP) is 4.15. The Labute approximate surface area is 133 Å². The van der Waals surface area contributed by atoms with Gasteiger partial charge in [0.05, 0.1) is 4.90 Å². The highest BCUT2D eigenvalue weighted by Gasteiger charge is 2.31. The monoisotopic (exact) mass is 395 g/mol. The Kier molecular flexibility index (Phi) is 4.66. The van der Waals surface area contributed by atoms with E-state index in [0.717, 1.165) is 28.7 Å². The molecule has 0 heterocycles. The van der Waals surface area contributed by atoms with Crippen LogP contribution in [0.1, 0.15) is 0 Å². The maximum absolute atomic E-state index is 12.1. The number of nitrogens with one attached hydrogen (secondary N) is 1. The van der Waals surface area contributed by atoms with Crippen molar-refractivity contribution in [3.63, 3.8) is 0 Å². The lowest BCUT2D eigenvalue weighted by atomic mass is 10.3. The highest BCUT2D eigenvalue weighted by molar-refractivity contribution is 9.10. The van der Waals surface area contributed by atoms with E-state index in [9.17, 15) is 21.6 Å². The van der Waals surface area contributed by atoms with E-state index in [-0.39, 0.29) is 4.90 Å². The molecule has 1 N–H and O–H groups in total. The minimum Gasteiger partial charge on any atom is -0.406 e. The number of halogens is 4. The number of alkyl halides is 3. The molecule has 2 rings (SSSR count). The minimum absolute atomic E-state index is 0.176. The third kappa shape index (κ3) is 4.63. The van der Waals surface area contributed by atoms with Crippen LogP contribution in [0.4, 0.5) is 18.9 Å². The van der Waals surface area contributed by atoms with Gasteiger partial charge in [0, 0.05) is 10.2 Å². The number of rotatable bonds is 4. The van der Waals surface area contributed by atoms with E-state index in [0.29, 0.717) is 5.69 Å². The molecule has 9 heteroatoms. The second kappa shape index (κ2) is 6.17. The van der Waals surface area contributed by atoms with Crippen LogP contribution < -0.4 is 9.46 Å². The van der Waals surface area contributed by atoms with Crippen LogP contribution in [0.3, 0.4) is 0 Å². The van der Waals surface area contributed by atoms with Crippen molar-refractivity contribution in [3.8, 4) is 5.75 Å². The lowest BCUT2D eigenvalue weighted by Crippen LogP contribution is -2.17. The van der Waals surface area contributed by atoms with Crippen molar-refractivity contribution in [2.45, 2.75) is 11.3 Å². The Morgan fingerprint density at radius 1 is 0.955 bits per heavy atom. The third-order valence-corrected chi connectivity index (χ3v) is 4.39. The number of benzene rings is 2. The van der Waals surface area contributed by atoms with E-state index in [2.05, 4.69) is 25.4 Å². The Bertz CT molecular complexity index is 744. The fraction of sp³-hybridized carbons (Fsp3) is 0.0769. The molecule has 0 aliphatic heterocycles. The summed E-state index contributed by atoms with van der Waals surface area (Å²) in [6.07, 6.45) is -4.82. The summed E-state index contributed by atoms with van der Waals surface area (Å²) in [5.41, 5.74) is 0.332. The lowest BCUT2D eigenvalue weighted by molar-refractivity contribution is -0.274. The van der Waals surface area contributed by atoms with Gasteiger partial charge in [0.15, 0.2) is 0 Å². The van der Waals surface area contributed by atoms with E-state index in [4.69, 9.17) is 0 Å². The van der Waals surface area contributed by atoms with Gasteiger partial charge in [-0.15, -0.1) is 13.2 Å². The van der Waals surface area contributed by atoms with E-state index >= 15 is 0 Å². The lowest BCUT2D eigenvalue weighted by Gasteiger charge is -2.10. The number of ether oxygens (including phenoxy) is 1. The van der Waals surface area contributed by atoms with Crippen molar-refractivity contribution in [2.75, 3.05) is 4.72 Å². The van der Waals surface area contributed by atoms with Gasteiger partial charge in [0.25, 0.3) is 10.0 Å². The SMILES string of the molecule is O=S(=O)(Nc1ccc(Br)cc1)c1ccc(OC(F)(F)F)cc1. The van der Waals surface area contributed by atoms with Gasteiger partial charge in [-0.2, -0.15) is 0 Å². The predicted molar refractivity (Wildman–Crippen MR) is 78.1 cm³/mol. The smallest absolute Gasteiger partial charge is 0.406 e. The minimum atomic E-state index is -4.82. The maximum atomic E-state index is 12.1. The molecule has 0 aliphatic carbocycles. The zero-order valence-electron chi connectivity index (χ0n) is 10.8. The molecule has 0 saturated heterocycles. The molecule has 0 spiro atoms. The molecule has 0 bridgehead atoms. The van der Waals surface area contributed by atoms with Gasteiger partial charge in [-0.05, 0) is 48.5 Å². The van der Waals surface area contributed by atoms with Crippen LogP contribution in [0, 0.1) is 0 Å². The Morgan fingerprint density at radius 2 is 1.50 bits per heavy atom. The number of anilines is 1. The summed E-state index contributed by atoms with van der Waals surface area (Å²) in [7, 11) is -3.89. The molecule has 4 nitrogen and oxygen atoms in total. The number of hydrogen-bond acceptors (Lipinski definition) is 3. The largest absolute Gasteiger partial charge is 0.573 e. The highest BCUT2D eigenvalue weighted by atomic mass is 79.9. The molecule has 118 valence electrons. The molecular formula is C13H9BrF3NO3S. The van der Waals surface area contributed by atoms with Crippen molar-refractivity contribution < 1.29 is 26.3 Å². The third-order valence-electron chi connectivity index (χ3n) is 2.46. The van der Waals surface area contributed by atoms with Gasteiger partial charge in [-0.3, -0.25) is 4.72 Å². The molecule has 0 unspecified atom stereocenters. The first-order chi connectivity index (χ1) is 10.2. The molecule has 0 aromatic heterocycles. The molecule has 0 amide bonds. The quantitative estimate of drug-likeness (QED) is 0.845. The van der Waals surface area contributed by atoms with Gasteiger partial charge in [0.2, 0.25) is 0 Å². The summed E-state index contributed by atoms with van der Waals surface area (Å²) in [6.45, 7) is 0. The molecule has 22 heavy (non-hydrogen) atoms. The molecule has 0 radical (unpaired) electrons. The van der Waals surface area contributed by atoms with Gasteiger partial charge in [0.1, 0.15) is 5.75 Å². The number of hydrogen-bond donors (Lipinski definition) is 1. The van der Waals surface area contributed by atoms with Crippen molar-refractivity contribution in [3.05, 3.63) is 53.0 Å². The molecule has 2 aromatic carbocycles. The summed E-state index contributed by atoms with van der Waals surface area (Å²) >= 11 is 3.22. The molecule has 0 atom stereocenters. The summed E-state index contributed by atoms with van der Waals surface area (Å²) in [5.74, 6) is -0.491. The van der Waals surface area contributed by atoms with E-state index in [1.165, 1.54) is 0 Å². The average molecular weight is 396 g/mol. The Morgan fingerprint density at radius 3 is 2.00 bits per heavy atom. The second-order valence-electron chi connectivity index (χ2n) is 4.13. The Balaban J connectivity index is 2.17. The molecule has 0 fully saturated rings. The molecule has 0 aliphatic rings. The first kappa shape index (κ1) is 16.6. The van der Waals surface area contributed by atoms with E-state index < -0.39 is 22.1 Å². The molecular weight excluding hydrogens is 387 g/mol. The van der Waals surface area contributed by atoms with Crippen LogP contribution in [0.25, 0.3) is 0 Å². The van der Waals surface area contributed by atoms with Crippen LogP contribution in [-0.2, 0) is 10.0 Å². The van der Waals surface area contributed by atoms with Gasteiger partial charge in [-0.1, -0.05) is 15.9 Å². The summed E-state index contributed by atoms with van der Waals surface area (Å²) in [5, 5.41) is 0. The summed E-state index contributed by atoms with van der Waals surface area (Å²) < 4.78 is 67.1. The van der Waals surface area contributed by atoms with Crippen LogP contribution in [-0.4, -0.2) is 14.8 Å². The molecule has 0 saturated carbocycles. The van der Waals surface area contributed by atoms with Gasteiger partial charge < -0.3 is 4.74 Å². The highest BCUT2D eigenvalue weighted by Crippen LogP contribution is 2.25. The molecule has 2 aromatic rings. The topological polar surface area (TPSA) is 55.4 Å². The summed E-state index contributed by atoms with van der Waals surface area (Å²) in [6, 6.07) is 10.3. The van der Waals surface area contributed by atoms with E-state index in [1.54, 1.807) is 24.3 Å². The fourth-order valence-corrected chi connectivity index (χ4v) is 2.88. The standard InChI is InChI=1S/C13H9BrF3NO3S/c14-9-1-3-10(4-2-9)18-22(19,20)12-7-5-11(6-8-12)21-13(15,16)17/h1-8,18H. The normalized spacial score (nSPS) is 12.0. The van der Waals surface area contributed by atoms with Crippen LogP contribution in [0.15, 0.2) is 57.9 Å². The number of sulfonamides is 1. The van der Waals surface area contributed by atoms with Crippen LogP contribution in [0.2, 0.25) is 0 Å². The fourth-order valence-electron chi connectivity index (χ4n) is 1.55. The van der Waals surface area contributed by atoms with Crippen molar-refractivity contribution in [2.24, 2.45) is 0 Å². The average Bonchev–Trinajstić information content (AvgIpc) is 2.40. The van der Waals surface area contributed by atoms with Gasteiger partial charge >= 0.3 is 6.36 Å². The second-order valence-corrected chi connectivity index (χ2v) is 6.73. The Hall–Kier alpha value is -1.74. The van der Waals surface area contributed by atoms with Gasteiger partial charge in [-0.25, -0.2) is 8.42 Å². The zero-order chi connectivity index (χ0) is 16.4. The van der Waals surface area contributed by atoms with Crippen molar-refractivity contribution >= 4 is 31.6 Å². The first-order valence-corrected chi connectivity index (χ1v) is 8.07. The zero-order valence-corrected chi connectivity index (χ0v) is 13.2. The summed E-state index contributed by atoms with van der Waals surface area (Å²) in [4.78, 5) is -0.176. The van der Waals surface area contributed by atoms with Crippen LogP contribution in [0.5, 0.6) is 5.75 Å².